The summed E-state index contributed by atoms with van der Waals surface area (Å²) in [6, 6.07) is 8.02. The maximum atomic E-state index is 13.8. The van der Waals surface area contributed by atoms with Crippen molar-refractivity contribution >= 4 is 22.8 Å². The Morgan fingerprint density at radius 3 is 2.48 bits per heavy atom. The lowest BCUT2D eigenvalue weighted by Crippen LogP contribution is -2.37. The predicted molar refractivity (Wildman–Crippen MR) is 94.9 cm³/mol. The third-order valence-corrected chi connectivity index (χ3v) is 4.40. The van der Waals surface area contributed by atoms with Crippen molar-refractivity contribution in [1.82, 2.24) is 9.97 Å². The fraction of sp³-hybridized carbons (Fsp3) is 0.211. The van der Waals surface area contributed by atoms with Gasteiger partial charge in [0.2, 0.25) is 0 Å². The number of benzene rings is 2. The zero-order chi connectivity index (χ0) is 19.0. The van der Waals surface area contributed by atoms with Crippen molar-refractivity contribution in [3.05, 3.63) is 53.6 Å². The summed E-state index contributed by atoms with van der Waals surface area (Å²) in [6.45, 7) is 2.14. The van der Waals surface area contributed by atoms with E-state index in [-0.39, 0.29) is 5.56 Å². The number of rotatable bonds is 3. The first-order valence-corrected chi connectivity index (χ1v) is 8.36. The van der Waals surface area contributed by atoms with Crippen molar-refractivity contribution in [2.45, 2.75) is 0 Å². The lowest BCUT2D eigenvalue weighted by Gasteiger charge is -2.29. The number of aromatic nitrogens is 2. The number of morpholine rings is 1. The third kappa shape index (κ3) is 3.31. The molecule has 1 aromatic heterocycles. The Labute approximate surface area is 153 Å². The molecule has 1 aliphatic heterocycles. The van der Waals surface area contributed by atoms with Crippen molar-refractivity contribution in [2.75, 3.05) is 31.2 Å². The Balaban J connectivity index is 1.92. The first-order valence-electron chi connectivity index (χ1n) is 8.36. The van der Waals surface area contributed by atoms with Crippen LogP contribution < -0.4 is 4.90 Å². The lowest BCUT2D eigenvalue weighted by atomic mass is 10.1. The van der Waals surface area contributed by atoms with Gasteiger partial charge in [-0.3, -0.25) is 0 Å². The van der Waals surface area contributed by atoms with E-state index in [4.69, 9.17) is 4.74 Å². The van der Waals surface area contributed by atoms with Gasteiger partial charge in [-0.25, -0.2) is 23.5 Å². The number of carboxylic acid groups (broad SMARTS) is 1. The number of fused-ring (bicyclic) bond motifs is 1. The highest BCUT2D eigenvalue weighted by Crippen LogP contribution is 2.31. The number of halogens is 2. The van der Waals surface area contributed by atoms with Crippen LogP contribution >= 0.6 is 0 Å². The molecule has 0 aliphatic carbocycles. The van der Waals surface area contributed by atoms with Crippen LogP contribution in [-0.4, -0.2) is 47.3 Å². The normalized spacial score (nSPS) is 14.5. The molecule has 1 saturated heterocycles. The summed E-state index contributed by atoms with van der Waals surface area (Å²) in [5.41, 5.74) is 1.79. The average molecular weight is 371 g/mol. The van der Waals surface area contributed by atoms with Crippen LogP contribution in [0.5, 0.6) is 0 Å². The van der Waals surface area contributed by atoms with Gasteiger partial charge in [-0.15, -0.1) is 0 Å². The van der Waals surface area contributed by atoms with Crippen LogP contribution in [0.1, 0.15) is 10.4 Å². The van der Waals surface area contributed by atoms with Gasteiger partial charge in [-0.05, 0) is 36.4 Å². The first kappa shape index (κ1) is 17.3. The zero-order valence-corrected chi connectivity index (χ0v) is 14.2. The summed E-state index contributed by atoms with van der Waals surface area (Å²) in [6.07, 6.45) is 0. The highest BCUT2D eigenvalue weighted by atomic mass is 19.2. The molecule has 0 bridgehead atoms. The second-order valence-corrected chi connectivity index (χ2v) is 6.13. The van der Waals surface area contributed by atoms with Gasteiger partial charge in [0.1, 0.15) is 5.69 Å². The molecule has 1 fully saturated rings. The van der Waals surface area contributed by atoms with E-state index in [0.29, 0.717) is 54.4 Å². The fourth-order valence-corrected chi connectivity index (χ4v) is 3.01. The van der Waals surface area contributed by atoms with Crippen LogP contribution in [-0.2, 0) is 4.74 Å². The van der Waals surface area contributed by atoms with E-state index in [0.717, 1.165) is 12.1 Å². The molecule has 27 heavy (non-hydrogen) atoms. The number of hydrogen-bond donors (Lipinski definition) is 1. The van der Waals surface area contributed by atoms with Crippen LogP contribution in [0.15, 0.2) is 36.4 Å². The average Bonchev–Trinajstić information content (AvgIpc) is 2.69. The molecule has 0 atom stereocenters. The van der Waals surface area contributed by atoms with Gasteiger partial charge in [0.05, 0.1) is 29.8 Å². The lowest BCUT2D eigenvalue weighted by molar-refractivity contribution is 0.0697. The molecule has 1 N–H and O–H groups in total. The Bertz CT molecular complexity index is 1040. The summed E-state index contributed by atoms with van der Waals surface area (Å²) in [5.74, 6) is -2.48. The number of nitrogens with zero attached hydrogens (tertiary/aromatic N) is 3. The Morgan fingerprint density at radius 1 is 1.00 bits per heavy atom. The van der Waals surface area contributed by atoms with Crippen LogP contribution in [0.3, 0.4) is 0 Å². The number of anilines is 1. The molecule has 6 nitrogen and oxygen atoms in total. The minimum Gasteiger partial charge on any atom is -0.478 e. The van der Waals surface area contributed by atoms with Gasteiger partial charge in [-0.1, -0.05) is 0 Å². The molecule has 2 aromatic carbocycles. The van der Waals surface area contributed by atoms with Gasteiger partial charge in [0.15, 0.2) is 17.5 Å². The molecular formula is C19H15F2N3O3. The second-order valence-electron chi connectivity index (χ2n) is 6.13. The quantitative estimate of drug-likeness (QED) is 0.763. The highest BCUT2D eigenvalue weighted by Gasteiger charge is 2.21. The topological polar surface area (TPSA) is 75.5 Å². The van der Waals surface area contributed by atoms with E-state index in [1.165, 1.54) is 18.2 Å². The predicted octanol–water partition coefficient (Wildman–Crippen LogP) is 3.11. The van der Waals surface area contributed by atoms with Crippen LogP contribution in [0.2, 0.25) is 0 Å². The number of carboxylic acids is 1. The van der Waals surface area contributed by atoms with Crippen molar-refractivity contribution < 1.29 is 23.4 Å². The molecule has 4 rings (SSSR count). The maximum Gasteiger partial charge on any atom is 0.335 e. The molecule has 138 valence electrons. The molecule has 0 unspecified atom stereocenters. The van der Waals surface area contributed by atoms with Gasteiger partial charge >= 0.3 is 5.97 Å². The first-order chi connectivity index (χ1) is 13.0. The van der Waals surface area contributed by atoms with Crippen molar-refractivity contribution in [3.8, 4) is 11.3 Å². The van der Waals surface area contributed by atoms with Crippen molar-refractivity contribution in [1.29, 1.82) is 0 Å². The third-order valence-electron chi connectivity index (χ3n) is 4.40. The maximum absolute atomic E-state index is 13.8. The molecule has 0 spiro atoms. The van der Waals surface area contributed by atoms with Gasteiger partial charge in [0.25, 0.3) is 0 Å². The summed E-state index contributed by atoms with van der Waals surface area (Å²) >= 11 is 0. The second kappa shape index (κ2) is 6.88. The summed E-state index contributed by atoms with van der Waals surface area (Å²) in [4.78, 5) is 22.3. The zero-order valence-electron chi connectivity index (χ0n) is 14.2. The number of carbonyl (C=O) groups is 1. The Kier molecular flexibility index (Phi) is 4.41. The van der Waals surface area contributed by atoms with Gasteiger partial charge < -0.3 is 14.7 Å². The van der Waals surface area contributed by atoms with Crippen molar-refractivity contribution in [2.24, 2.45) is 0 Å². The molecule has 0 amide bonds. The minimum atomic E-state index is -1.06. The molecule has 1 aliphatic rings. The van der Waals surface area contributed by atoms with E-state index < -0.39 is 17.6 Å². The number of aromatic carboxylic acids is 1. The molecule has 0 saturated carbocycles. The van der Waals surface area contributed by atoms with Crippen LogP contribution in [0, 0.1) is 11.6 Å². The number of ether oxygens (including phenoxy) is 1. The van der Waals surface area contributed by atoms with E-state index in [9.17, 15) is 18.7 Å². The van der Waals surface area contributed by atoms with Crippen LogP contribution in [0.25, 0.3) is 22.3 Å². The van der Waals surface area contributed by atoms with E-state index in [1.807, 2.05) is 4.90 Å². The SMILES string of the molecule is O=C(O)c1ccc2nc(-c3ccc(F)c(F)c3)c(N3CCOCC3)nc2c1. The largest absolute Gasteiger partial charge is 0.478 e. The van der Waals surface area contributed by atoms with Crippen LogP contribution in [0.4, 0.5) is 14.6 Å². The molecule has 8 heteroatoms. The number of hydrogen-bond acceptors (Lipinski definition) is 5. The molecule has 0 radical (unpaired) electrons. The van der Waals surface area contributed by atoms with E-state index >= 15 is 0 Å². The summed E-state index contributed by atoms with van der Waals surface area (Å²) in [7, 11) is 0. The minimum absolute atomic E-state index is 0.102. The van der Waals surface area contributed by atoms with E-state index in [2.05, 4.69) is 9.97 Å². The standard InChI is InChI=1S/C19H15F2N3O3/c20-13-3-1-11(9-14(13)21)17-18(24-5-7-27-8-6-24)23-16-10-12(19(25)26)2-4-15(16)22-17/h1-4,9-10H,5-8H2,(H,25,26). The monoisotopic (exact) mass is 371 g/mol. The summed E-state index contributed by atoms with van der Waals surface area (Å²) < 4.78 is 32.5. The van der Waals surface area contributed by atoms with Gasteiger partial charge in [-0.2, -0.15) is 0 Å². The van der Waals surface area contributed by atoms with Gasteiger partial charge in [0, 0.05) is 18.7 Å². The molecule has 2 heterocycles. The Morgan fingerprint density at radius 2 is 1.78 bits per heavy atom. The van der Waals surface area contributed by atoms with E-state index in [1.54, 1.807) is 6.07 Å². The van der Waals surface area contributed by atoms with Crippen molar-refractivity contribution in [3.63, 3.8) is 0 Å². The highest BCUT2D eigenvalue weighted by molar-refractivity contribution is 5.93. The smallest absolute Gasteiger partial charge is 0.335 e. The summed E-state index contributed by atoms with van der Waals surface area (Å²) in [5, 5.41) is 9.20. The molecule has 3 aromatic rings. The fourth-order valence-electron chi connectivity index (χ4n) is 3.01. The molecular weight excluding hydrogens is 356 g/mol. The Hall–Kier alpha value is -3.13.